The minimum Gasteiger partial charge on any atom is -0.298 e. The summed E-state index contributed by atoms with van der Waals surface area (Å²) in [6.45, 7) is 0. The van der Waals surface area contributed by atoms with E-state index in [4.69, 9.17) is 0 Å². The van der Waals surface area contributed by atoms with Gasteiger partial charge in [-0.15, -0.1) is 0 Å². The molecule has 0 unspecified atom stereocenters. The molecule has 4 nitrogen and oxygen atoms in total. The number of nitrogens with one attached hydrogen (secondary N) is 1. The molecule has 0 aliphatic heterocycles. The molecule has 1 N–H and O–H groups in total. The zero-order valence-corrected chi connectivity index (χ0v) is 10.4. The molecule has 2 aromatic heterocycles. The summed E-state index contributed by atoms with van der Waals surface area (Å²) < 4.78 is 14.3. The smallest absolute Gasteiger partial charge is 0.262 e. The van der Waals surface area contributed by atoms with Gasteiger partial charge in [0.1, 0.15) is 0 Å². The van der Waals surface area contributed by atoms with Crippen LogP contribution in [-0.2, 0) is 0 Å². The molecule has 2 heterocycles. The fourth-order valence-electron chi connectivity index (χ4n) is 1.65. The van der Waals surface area contributed by atoms with Crippen molar-refractivity contribution in [2.45, 2.75) is 0 Å². The Balaban J connectivity index is 1.89. The second-order valence-electron chi connectivity index (χ2n) is 3.78. The van der Waals surface area contributed by atoms with Gasteiger partial charge in [-0.2, -0.15) is 4.39 Å². The molecule has 0 aliphatic carbocycles. The number of anilines is 1. The van der Waals surface area contributed by atoms with E-state index in [-0.39, 0.29) is 5.56 Å². The van der Waals surface area contributed by atoms with Gasteiger partial charge < -0.3 is 0 Å². The Bertz CT molecular complexity index is 723. The molecule has 0 radical (unpaired) electrons. The largest absolute Gasteiger partial charge is 0.298 e. The summed E-state index contributed by atoms with van der Waals surface area (Å²) >= 11 is 1.34. The van der Waals surface area contributed by atoms with E-state index in [0.717, 1.165) is 10.2 Å². The molecule has 6 heteroatoms. The van der Waals surface area contributed by atoms with Gasteiger partial charge in [0, 0.05) is 6.20 Å². The fraction of sp³-hybridized carbons (Fsp3) is 0. The molecule has 1 amide bonds. The molecule has 0 saturated carbocycles. The van der Waals surface area contributed by atoms with E-state index in [1.165, 1.54) is 29.7 Å². The number of halogens is 1. The van der Waals surface area contributed by atoms with Gasteiger partial charge in [0.25, 0.3) is 5.91 Å². The van der Waals surface area contributed by atoms with Crippen molar-refractivity contribution in [3.8, 4) is 0 Å². The van der Waals surface area contributed by atoms with Gasteiger partial charge in [-0.05, 0) is 24.3 Å². The summed E-state index contributed by atoms with van der Waals surface area (Å²) in [6, 6.07) is 10.4. The summed E-state index contributed by atoms with van der Waals surface area (Å²) in [5.41, 5.74) is 0.705. The minimum absolute atomic E-state index is 0.0956. The van der Waals surface area contributed by atoms with Crippen molar-refractivity contribution in [1.82, 2.24) is 9.97 Å². The van der Waals surface area contributed by atoms with Gasteiger partial charge in [0.15, 0.2) is 5.13 Å². The molecule has 3 aromatic rings. The van der Waals surface area contributed by atoms with Crippen LogP contribution < -0.4 is 5.32 Å². The monoisotopic (exact) mass is 273 g/mol. The number of para-hydroxylation sites is 1. The topological polar surface area (TPSA) is 54.9 Å². The summed E-state index contributed by atoms with van der Waals surface area (Å²) in [4.78, 5) is 19.6. The molecule has 94 valence electrons. The van der Waals surface area contributed by atoms with Crippen molar-refractivity contribution in [2.75, 3.05) is 5.32 Å². The zero-order chi connectivity index (χ0) is 13.2. The molecule has 0 saturated heterocycles. The van der Waals surface area contributed by atoms with E-state index < -0.39 is 11.9 Å². The Hall–Kier alpha value is -2.34. The Kier molecular flexibility index (Phi) is 2.92. The number of thiazole rings is 1. The van der Waals surface area contributed by atoms with Crippen LogP contribution in [0.1, 0.15) is 10.4 Å². The lowest BCUT2D eigenvalue weighted by atomic mass is 10.2. The van der Waals surface area contributed by atoms with Gasteiger partial charge in [0.05, 0.1) is 15.8 Å². The van der Waals surface area contributed by atoms with Crippen LogP contribution in [0.15, 0.2) is 42.6 Å². The highest BCUT2D eigenvalue weighted by Crippen LogP contribution is 2.25. The lowest BCUT2D eigenvalue weighted by Crippen LogP contribution is -2.14. The van der Waals surface area contributed by atoms with E-state index in [0.29, 0.717) is 5.13 Å². The number of carbonyl (C=O) groups is 1. The molecular formula is C13H8FN3OS. The summed E-state index contributed by atoms with van der Waals surface area (Å²) in [5, 5.41) is 3.02. The SMILES string of the molecule is O=C(Nc1nc2ccccc2s1)c1cccnc1F. The lowest BCUT2D eigenvalue weighted by Gasteiger charge is -2.01. The van der Waals surface area contributed by atoms with Crippen LogP contribution in [0.4, 0.5) is 9.52 Å². The second-order valence-corrected chi connectivity index (χ2v) is 4.81. The highest BCUT2D eigenvalue weighted by atomic mass is 32.1. The van der Waals surface area contributed by atoms with Crippen LogP contribution in [0, 0.1) is 5.95 Å². The third-order valence-corrected chi connectivity index (χ3v) is 3.47. The quantitative estimate of drug-likeness (QED) is 0.730. The maximum Gasteiger partial charge on any atom is 0.262 e. The number of nitrogens with zero attached hydrogens (tertiary/aromatic N) is 2. The maximum atomic E-state index is 13.4. The van der Waals surface area contributed by atoms with Crippen LogP contribution in [0.5, 0.6) is 0 Å². The number of benzene rings is 1. The highest BCUT2D eigenvalue weighted by molar-refractivity contribution is 7.22. The number of hydrogen-bond acceptors (Lipinski definition) is 4. The third kappa shape index (κ3) is 2.30. The van der Waals surface area contributed by atoms with Crippen molar-refractivity contribution in [2.24, 2.45) is 0 Å². The number of carbonyl (C=O) groups excluding carboxylic acids is 1. The van der Waals surface area contributed by atoms with Crippen LogP contribution in [0.3, 0.4) is 0 Å². The Labute approximate surface area is 111 Å². The van der Waals surface area contributed by atoms with Crippen LogP contribution in [-0.4, -0.2) is 15.9 Å². The van der Waals surface area contributed by atoms with Crippen LogP contribution in [0.2, 0.25) is 0 Å². The van der Waals surface area contributed by atoms with Crippen LogP contribution >= 0.6 is 11.3 Å². The first-order chi connectivity index (χ1) is 9.24. The standard InChI is InChI=1S/C13H8FN3OS/c14-11-8(4-3-7-15-11)12(18)17-13-16-9-5-1-2-6-10(9)19-13/h1-7H,(H,16,17,18). The number of aromatic nitrogens is 2. The highest BCUT2D eigenvalue weighted by Gasteiger charge is 2.14. The maximum absolute atomic E-state index is 13.4. The third-order valence-electron chi connectivity index (χ3n) is 2.52. The van der Waals surface area contributed by atoms with Crippen molar-refractivity contribution < 1.29 is 9.18 Å². The van der Waals surface area contributed by atoms with Crippen LogP contribution in [0.25, 0.3) is 10.2 Å². The van der Waals surface area contributed by atoms with E-state index in [9.17, 15) is 9.18 Å². The number of rotatable bonds is 2. The minimum atomic E-state index is -0.791. The molecule has 0 bridgehead atoms. The van der Waals surface area contributed by atoms with Crippen molar-refractivity contribution >= 4 is 32.6 Å². The number of pyridine rings is 1. The van der Waals surface area contributed by atoms with Gasteiger partial charge in [-0.1, -0.05) is 23.5 Å². The van der Waals surface area contributed by atoms with Gasteiger partial charge in [-0.25, -0.2) is 9.97 Å². The molecule has 3 rings (SSSR count). The fourth-order valence-corrected chi connectivity index (χ4v) is 2.51. The first kappa shape index (κ1) is 11.7. The normalized spacial score (nSPS) is 10.6. The zero-order valence-electron chi connectivity index (χ0n) is 9.63. The van der Waals surface area contributed by atoms with Crippen molar-refractivity contribution in [1.29, 1.82) is 0 Å². The Morgan fingerprint density at radius 1 is 1.21 bits per heavy atom. The molecule has 0 spiro atoms. The number of hydrogen-bond donors (Lipinski definition) is 1. The average molecular weight is 273 g/mol. The number of amides is 1. The van der Waals surface area contributed by atoms with Gasteiger partial charge >= 0.3 is 0 Å². The number of fused-ring (bicyclic) bond motifs is 1. The summed E-state index contributed by atoms with van der Waals surface area (Å²) in [7, 11) is 0. The summed E-state index contributed by atoms with van der Waals surface area (Å²) in [5.74, 6) is -1.34. The second kappa shape index (κ2) is 4.74. The van der Waals surface area contributed by atoms with E-state index >= 15 is 0 Å². The van der Waals surface area contributed by atoms with Gasteiger partial charge in [-0.3, -0.25) is 10.1 Å². The molecular weight excluding hydrogens is 265 g/mol. The first-order valence-electron chi connectivity index (χ1n) is 5.51. The lowest BCUT2D eigenvalue weighted by molar-refractivity contribution is 0.102. The molecule has 1 aromatic carbocycles. The molecule has 0 fully saturated rings. The molecule has 0 aliphatic rings. The van der Waals surface area contributed by atoms with Crippen molar-refractivity contribution in [3.63, 3.8) is 0 Å². The van der Waals surface area contributed by atoms with E-state index in [1.54, 1.807) is 0 Å². The van der Waals surface area contributed by atoms with Crippen molar-refractivity contribution in [3.05, 3.63) is 54.1 Å². The Morgan fingerprint density at radius 2 is 2.05 bits per heavy atom. The molecule has 0 atom stereocenters. The molecule has 19 heavy (non-hydrogen) atoms. The average Bonchev–Trinajstić information content (AvgIpc) is 2.81. The Morgan fingerprint density at radius 3 is 2.84 bits per heavy atom. The van der Waals surface area contributed by atoms with E-state index in [2.05, 4.69) is 15.3 Å². The van der Waals surface area contributed by atoms with Gasteiger partial charge in [0.2, 0.25) is 5.95 Å². The summed E-state index contributed by atoms with van der Waals surface area (Å²) in [6.07, 6.45) is 1.30. The predicted molar refractivity (Wildman–Crippen MR) is 71.8 cm³/mol. The van der Waals surface area contributed by atoms with E-state index in [1.807, 2.05) is 24.3 Å². The predicted octanol–water partition coefficient (Wildman–Crippen LogP) is 3.08. The first-order valence-corrected chi connectivity index (χ1v) is 6.33.